The number of anilines is 1. The molecule has 0 fully saturated rings. The van der Waals surface area contributed by atoms with Crippen molar-refractivity contribution in [2.24, 2.45) is 0 Å². The van der Waals surface area contributed by atoms with Gasteiger partial charge < -0.3 is 5.32 Å². The van der Waals surface area contributed by atoms with Crippen LogP contribution in [-0.2, 0) is 19.3 Å². The lowest BCUT2D eigenvalue weighted by Crippen LogP contribution is -2.01. The topological polar surface area (TPSA) is 37.8 Å². The van der Waals surface area contributed by atoms with Gasteiger partial charge in [-0.25, -0.2) is 9.97 Å². The number of hydrogen-bond acceptors (Lipinski definition) is 4. The maximum absolute atomic E-state index is 4.67. The molecule has 0 radical (unpaired) electrons. The van der Waals surface area contributed by atoms with E-state index in [0.717, 1.165) is 29.5 Å². The summed E-state index contributed by atoms with van der Waals surface area (Å²) in [5.41, 5.74) is 3.03. The van der Waals surface area contributed by atoms with Gasteiger partial charge in [-0.3, -0.25) is 0 Å². The molecule has 0 atom stereocenters. The van der Waals surface area contributed by atoms with E-state index in [9.17, 15) is 0 Å². The average molecular weight is 299 g/mol. The number of nitrogens with zero attached hydrogens (tertiary/aromatic N) is 2. The first-order valence-electron chi connectivity index (χ1n) is 7.64. The van der Waals surface area contributed by atoms with E-state index in [0.29, 0.717) is 0 Å². The van der Waals surface area contributed by atoms with Crippen LogP contribution in [0.5, 0.6) is 0 Å². The van der Waals surface area contributed by atoms with Gasteiger partial charge in [-0.05, 0) is 48.9 Å². The number of nitrogens with one attached hydrogen (secondary N) is 1. The molecule has 0 saturated carbocycles. The average Bonchev–Trinajstić information content (AvgIpc) is 2.95. The molecule has 1 aromatic carbocycles. The van der Waals surface area contributed by atoms with E-state index in [-0.39, 0.29) is 0 Å². The van der Waals surface area contributed by atoms with Crippen LogP contribution in [0.4, 0.5) is 5.82 Å². The van der Waals surface area contributed by atoms with Gasteiger partial charge in [-0.15, -0.1) is 0 Å². The van der Waals surface area contributed by atoms with Crippen molar-refractivity contribution in [2.75, 3.05) is 12.4 Å². The van der Waals surface area contributed by atoms with Crippen molar-refractivity contribution >= 4 is 17.6 Å². The summed E-state index contributed by atoms with van der Waals surface area (Å²) in [5, 5.41) is 4.15. The smallest absolute Gasteiger partial charge is 0.132 e. The number of aromatic nitrogens is 2. The summed E-state index contributed by atoms with van der Waals surface area (Å²) < 4.78 is 0. The molecule has 0 spiro atoms. The van der Waals surface area contributed by atoms with E-state index in [1.807, 2.05) is 13.1 Å². The minimum Gasteiger partial charge on any atom is -0.373 e. The Labute approximate surface area is 130 Å². The van der Waals surface area contributed by atoms with Gasteiger partial charge in [0.15, 0.2) is 0 Å². The molecule has 3 nitrogen and oxygen atoms in total. The van der Waals surface area contributed by atoms with Crippen molar-refractivity contribution in [1.82, 2.24) is 9.97 Å². The third-order valence-corrected chi connectivity index (χ3v) is 4.68. The van der Waals surface area contributed by atoms with Crippen molar-refractivity contribution in [1.29, 1.82) is 0 Å². The number of fused-ring (bicyclic) bond motifs is 1. The molecule has 21 heavy (non-hydrogen) atoms. The highest BCUT2D eigenvalue weighted by molar-refractivity contribution is 7.99. The summed E-state index contributed by atoms with van der Waals surface area (Å²) in [4.78, 5) is 10.5. The molecule has 2 aromatic rings. The monoisotopic (exact) mass is 299 g/mol. The Hall–Kier alpha value is -1.55. The van der Waals surface area contributed by atoms with Crippen molar-refractivity contribution in [3.05, 3.63) is 41.2 Å². The molecule has 0 unspecified atom stereocenters. The molecule has 0 aliphatic heterocycles. The SMILES string of the molecule is CCCc1nc(NC)cc(Sc2ccc3c(c2)CCC3)n1. The van der Waals surface area contributed by atoms with Gasteiger partial charge in [0.1, 0.15) is 16.7 Å². The minimum absolute atomic E-state index is 0.900. The quantitative estimate of drug-likeness (QED) is 0.843. The van der Waals surface area contributed by atoms with Gasteiger partial charge in [-0.1, -0.05) is 24.8 Å². The van der Waals surface area contributed by atoms with Crippen LogP contribution in [0.1, 0.15) is 36.7 Å². The highest BCUT2D eigenvalue weighted by Crippen LogP contribution is 2.32. The summed E-state index contributed by atoms with van der Waals surface area (Å²) in [6, 6.07) is 8.85. The van der Waals surface area contributed by atoms with Gasteiger partial charge in [0.05, 0.1) is 0 Å². The maximum Gasteiger partial charge on any atom is 0.132 e. The van der Waals surface area contributed by atoms with Gasteiger partial charge in [0.2, 0.25) is 0 Å². The Bertz CT molecular complexity index is 640. The van der Waals surface area contributed by atoms with Crippen LogP contribution >= 0.6 is 11.8 Å². The zero-order chi connectivity index (χ0) is 14.7. The minimum atomic E-state index is 0.900. The zero-order valence-corrected chi connectivity index (χ0v) is 13.5. The Kier molecular flexibility index (Phi) is 4.44. The molecule has 4 heteroatoms. The highest BCUT2D eigenvalue weighted by atomic mass is 32.2. The number of aryl methyl sites for hydroxylation is 3. The Balaban J connectivity index is 1.85. The molecule has 1 N–H and O–H groups in total. The first kappa shape index (κ1) is 14.4. The predicted octanol–water partition coefficient (Wildman–Crippen LogP) is 4.11. The Morgan fingerprint density at radius 3 is 2.81 bits per heavy atom. The van der Waals surface area contributed by atoms with E-state index in [2.05, 4.69) is 40.4 Å². The molecule has 1 heterocycles. The molecule has 1 aromatic heterocycles. The van der Waals surface area contributed by atoms with Crippen LogP contribution in [0.2, 0.25) is 0 Å². The number of hydrogen-bond donors (Lipinski definition) is 1. The highest BCUT2D eigenvalue weighted by Gasteiger charge is 2.12. The standard InChI is InChI=1S/C17H21N3S/c1-3-5-15-19-16(18-2)11-17(20-15)21-14-9-8-12-6-4-7-13(12)10-14/h8-11H,3-7H2,1-2H3,(H,18,19,20). The van der Waals surface area contributed by atoms with Gasteiger partial charge in [0.25, 0.3) is 0 Å². The van der Waals surface area contributed by atoms with Crippen molar-refractivity contribution < 1.29 is 0 Å². The fraction of sp³-hybridized carbons (Fsp3) is 0.412. The summed E-state index contributed by atoms with van der Waals surface area (Å²) >= 11 is 1.73. The van der Waals surface area contributed by atoms with Crippen molar-refractivity contribution in [3.63, 3.8) is 0 Å². The van der Waals surface area contributed by atoms with Crippen molar-refractivity contribution in [3.8, 4) is 0 Å². The molecule has 0 saturated heterocycles. The summed E-state index contributed by atoms with van der Waals surface area (Å²) in [6.45, 7) is 2.16. The summed E-state index contributed by atoms with van der Waals surface area (Å²) in [5.74, 6) is 1.82. The van der Waals surface area contributed by atoms with Gasteiger partial charge >= 0.3 is 0 Å². The molecular formula is C17H21N3S. The zero-order valence-electron chi connectivity index (χ0n) is 12.6. The van der Waals surface area contributed by atoms with E-state index in [1.165, 1.54) is 35.3 Å². The van der Waals surface area contributed by atoms with Crippen LogP contribution in [0, 0.1) is 0 Å². The van der Waals surface area contributed by atoms with E-state index in [1.54, 1.807) is 11.8 Å². The first-order valence-corrected chi connectivity index (χ1v) is 8.45. The third kappa shape index (κ3) is 3.38. The fourth-order valence-corrected chi connectivity index (χ4v) is 3.62. The van der Waals surface area contributed by atoms with E-state index >= 15 is 0 Å². The van der Waals surface area contributed by atoms with Crippen LogP contribution in [0.3, 0.4) is 0 Å². The molecule has 1 aliphatic rings. The molecule has 0 amide bonds. The van der Waals surface area contributed by atoms with Crippen LogP contribution in [0.25, 0.3) is 0 Å². The summed E-state index contributed by atoms with van der Waals surface area (Å²) in [6.07, 6.45) is 5.74. The largest absolute Gasteiger partial charge is 0.373 e. The van der Waals surface area contributed by atoms with E-state index in [4.69, 9.17) is 0 Å². The van der Waals surface area contributed by atoms with Gasteiger partial charge in [0, 0.05) is 24.4 Å². The lowest BCUT2D eigenvalue weighted by Gasteiger charge is -2.08. The third-order valence-electron chi connectivity index (χ3n) is 3.77. The molecular weight excluding hydrogens is 278 g/mol. The second kappa shape index (κ2) is 6.48. The lowest BCUT2D eigenvalue weighted by molar-refractivity contribution is 0.811. The number of benzene rings is 1. The second-order valence-corrected chi connectivity index (χ2v) is 6.49. The normalized spacial score (nSPS) is 13.2. The van der Waals surface area contributed by atoms with Crippen LogP contribution < -0.4 is 5.32 Å². The van der Waals surface area contributed by atoms with E-state index < -0.39 is 0 Å². The predicted molar refractivity (Wildman–Crippen MR) is 88.2 cm³/mol. The van der Waals surface area contributed by atoms with Crippen molar-refractivity contribution in [2.45, 2.75) is 48.9 Å². The van der Waals surface area contributed by atoms with Crippen LogP contribution in [-0.4, -0.2) is 17.0 Å². The second-order valence-electron chi connectivity index (χ2n) is 5.39. The van der Waals surface area contributed by atoms with Crippen LogP contribution in [0.15, 0.2) is 34.2 Å². The summed E-state index contributed by atoms with van der Waals surface area (Å²) in [7, 11) is 1.90. The maximum atomic E-state index is 4.67. The Morgan fingerprint density at radius 2 is 2.00 bits per heavy atom. The Morgan fingerprint density at radius 1 is 1.14 bits per heavy atom. The number of rotatable bonds is 5. The fourth-order valence-electron chi connectivity index (χ4n) is 2.72. The molecule has 0 bridgehead atoms. The lowest BCUT2D eigenvalue weighted by atomic mass is 10.1. The van der Waals surface area contributed by atoms with Gasteiger partial charge in [-0.2, -0.15) is 0 Å². The first-order chi connectivity index (χ1) is 10.3. The molecule has 3 rings (SSSR count). The molecule has 110 valence electrons. The molecule has 1 aliphatic carbocycles.